The van der Waals surface area contributed by atoms with Crippen LogP contribution < -0.4 is 5.32 Å². The molecular formula is C20H23N3O2. The lowest BCUT2D eigenvalue weighted by atomic mass is 10.0. The largest absolute Gasteiger partial charge is 0.392 e. The van der Waals surface area contributed by atoms with Gasteiger partial charge in [0.15, 0.2) is 5.82 Å². The van der Waals surface area contributed by atoms with Gasteiger partial charge in [-0.3, -0.25) is 0 Å². The fourth-order valence-electron chi connectivity index (χ4n) is 2.79. The molecule has 2 N–H and O–H groups in total. The SMILES string of the molecule is CC(NC(C)c1noc(Cc2ccccc2)n1)c1cccc(CO)c1. The highest BCUT2D eigenvalue weighted by molar-refractivity contribution is 5.25. The lowest BCUT2D eigenvalue weighted by molar-refractivity contribution is 0.281. The predicted molar refractivity (Wildman–Crippen MR) is 95.9 cm³/mol. The van der Waals surface area contributed by atoms with E-state index in [1.807, 2.05) is 61.5 Å². The molecule has 2 aromatic carbocycles. The zero-order valence-corrected chi connectivity index (χ0v) is 14.5. The maximum Gasteiger partial charge on any atom is 0.231 e. The van der Waals surface area contributed by atoms with Crippen molar-refractivity contribution >= 4 is 0 Å². The Morgan fingerprint density at radius 1 is 1.00 bits per heavy atom. The minimum atomic E-state index is -0.0407. The van der Waals surface area contributed by atoms with Crippen molar-refractivity contribution in [3.8, 4) is 0 Å². The van der Waals surface area contributed by atoms with Crippen molar-refractivity contribution in [1.29, 1.82) is 0 Å². The molecule has 0 aliphatic carbocycles. The molecule has 5 nitrogen and oxygen atoms in total. The zero-order valence-electron chi connectivity index (χ0n) is 14.5. The highest BCUT2D eigenvalue weighted by atomic mass is 16.5. The second kappa shape index (κ2) is 8.05. The smallest absolute Gasteiger partial charge is 0.231 e. The average Bonchev–Trinajstić information content (AvgIpc) is 3.11. The van der Waals surface area contributed by atoms with Gasteiger partial charge in [0.05, 0.1) is 19.1 Å². The van der Waals surface area contributed by atoms with Crippen LogP contribution in [0.5, 0.6) is 0 Å². The molecule has 0 aliphatic rings. The number of rotatable bonds is 7. The molecule has 0 fully saturated rings. The maximum absolute atomic E-state index is 9.27. The van der Waals surface area contributed by atoms with E-state index in [0.29, 0.717) is 18.1 Å². The standard InChI is InChI=1S/C20H23N3O2/c1-14(18-10-6-9-17(11-18)13-24)21-15(2)20-22-19(25-23-20)12-16-7-4-3-5-8-16/h3-11,14-15,21,24H,12-13H2,1-2H3. The Bertz CT molecular complexity index is 801. The van der Waals surface area contributed by atoms with E-state index >= 15 is 0 Å². The number of benzene rings is 2. The van der Waals surface area contributed by atoms with Crippen LogP contribution in [0.2, 0.25) is 0 Å². The normalized spacial score (nSPS) is 13.6. The highest BCUT2D eigenvalue weighted by Crippen LogP contribution is 2.19. The Morgan fingerprint density at radius 2 is 1.76 bits per heavy atom. The monoisotopic (exact) mass is 337 g/mol. The minimum absolute atomic E-state index is 0.0407. The fourth-order valence-corrected chi connectivity index (χ4v) is 2.79. The zero-order chi connectivity index (χ0) is 17.6. The van der Waals surface area contributed by atoms with Gasteiger partial charge in [0.2, 0.25) is 5.89 Å². The molecule has 0 amide bonds. The molecule has 0 radical (unpaired) electrons. The van der Waals surface area contributed by atoms with Gasteiger partial charge in [-0.25, -0.2) is 0 Å². The van der Waals surface area contributed by atoms with Gasteiger partial charge in [-0.05, 0) is 30.5 Å². The Labute approximate surface area is 147 Å². The van der Waals surface area contributed by atoms with Crippen LogP contribution in [0.3, 0.4) is 0 Å². The Kier molecular flexibility index (Phi) is 5.58. The summed E-state index contributed by atoms with van der Waals surface area (Å²) in [5.41, 5.74) is 3.17. The van der Waals surface area contributed by atoms with Gasteiger partial charge in [-0.1, -0.05) is 59.8 Å². The van der Waals surface area contributed by atoms with Crippen molar-refractivity contribution in [3.63, 3.8) is 0 Å². The molecule has 0 saturated heterocycles. The summed E-state index contributed by atoms with van der Waals surface area (Å²) < 4.78 is 5.38. The van der Waals surface area contributed by atoms with Crippen molar-refractivity contribution in [1.82, 2.24) is 15.5 Å². The van der Waals surface area contributed by atoms with E-state index in [1.54, 1.807) is 0 Å². The van der Waals surface area contributed by atoms with E-state index in [-0.39, 0.29) is 18.7 Å². The molecule has 25 heavy (non-hydrogen) atoms. The number of aromatic nitrogens is 2. The van der Waals surface area contributed by atoms with Gasteiger partial charge in [-0.2, -0.15) is 4.98 Å². The van der Waals surface area contributed by atoms with E-state index in [2.05, 4.69) is 22.4 Å². The van der Waals surface area contributed by atoms with E-state index in [1.165, 1.54) is 0 Å². The van der Waals surface area contributed by atoms with Gasteiger partial charge in [-0.15, -0.1) is 0 Å². The summed E-state index contributed by atoms with van der Waals surface area (Å²) >= 11 is 0. The number of nitrogens with zero attached hydrogens (tertiary/aromatic N) is 2. The number of hydrogen-bond donors (Lipinski definition) is 2. The summed E-state index contributed by atoms with van der Waals surface area (Å²) in [5.74, 6) is 1.26. The lowest BCUT2D eigenvalue weighted by Crippen LogP contribution is -2.23. The van der Waals surface area contributed by atoms with Crippen molar-refractivity contribution in [2.45, 2.75) is 39.0 Å². The molecule has 3 aromatic rings. The first-order valence-corrected chi connectivity index (χ1v) is 8.48. The molecular weight excluding hydrogens is 314 g/mol. The number of hydrogen-bond acceptors (Lipinski definition) is 5. The van der Waals surface area contributed by atoms with Gasteiger partial charge < -0.3 is 14.9 Å². The Balaban J connectivity index is 1.64. The van der Waals surface area contributed by atoms with Gasteiger partial charge in [0, 0.05) is 6.04 Å². The third kappa shape index (κ3) is 4.53. The van der Waals surface area contributed by atoms with Crippen LogP contribution in [0.25, 0.3) is 0 Å². The number of aliphatic hydroxyl groups excluding tert-OH is 1. The number of aliphatic hydroxyl groups is 1. The summed E-state index contributed by atoms with van der Waals surface area (Å²) in [5, 5.41) is 16.9. The van der Waals surface area contributed by atoms with Crippen LogP contribution in [0.15, 0.2) is 59.1 Å². The summed E-state index contributed by atoms with van der Waals surface area (Å²) in [4.78, 5) is 4.51. The first kappa shape index (κ1) is 17.3. The number of nitrogens with one attached hydrogen (secondary N) is 1. The van der Waals surface area contributed by atoms with Gasteiger partial charge in [0.25, 0.3) is 0 Å². The van der Waals surface area contributed by atoms with Crippen molar-refractivity contribution in [3.05, 3.63) is 83.0 Å². The molecule has 0 aliphatic heterocycles. The topological polar surface area (TPSA) is 71.2 Å². The Hall–Kier alpha value is -2.50. The van der Waals surface area contributed by atoms with Crippen LogP contribution in [-0.2, 0) is 13.0 Å². The van der Waals surface area contributed by atoms with Crippen LogP contribution in [0, 0.1) is 0 Å². The maximum atomic E-state index is 9.27. The van der Waals surface area contributed by atoms with Crippen molar-refractivity contribution in [2.75, 3.05) is 0 Å². The lowest BCUT2D eigenvalue weighted by Gasteiger charge is -2.18. The molecule has 0 bridgehead atoms. The van der Waals surface area contributed by atoms with Crippen LogP contribution in [-0.4, -0.2) is 15.2 Å². The van der Waals surface area contributed by atoms with Crippen molar-refractivity contribution < 1.29 is 9.63 Å². The van der Waals surface area contributed by atoms with E-state index in [0.717, 1.165) is 16.7 Å². The van der Waals surface area contributed by atoms with E-state index in [4.69, 9.17) is 4.52 Å². The van der Waals surface area contributed by atoms with Crippen molar-refractivity contribution in [2.24, 2.45) is 0 Å². The molecule has 130 valence electrons. The molecule has 3 rings (SSSR count). The van der Waals surface area contributed by atoms with Gasteiger partial charge in [0.1, 0.15) is 0 Å². The first-order valence-electron chi connectivity index (χ1n) is 8.48. The minimum Gasteiger partial charge on any atom is -0.392 e. The van der Waals surface area contributed by atoms with E-state index in [9.17, 15) is 5.11 Å². The molecule has 0 saturated carbocycles. The Morgan fingerprint density at radius 3 is 2.52 bits per heavy atom. The van der Waals surface area contributed by atoms with Crippen LogP contribution in [0.4, 0.5) is 0 Å². The molecule has 1 aromatic heterocycles. The second-order valence-electron chi connectivity index (χ2n) is 6.22. The summed E-state index contributed by atoms with van der Waals surface area (Å²) in [6.45, 7) is 4.14. The summed E-state index contributed by atoms with van der Waals surface area (Å²) in [6.07, 6.45) is 0.634. The van der Waals surface area contributed by atoms with Crippen LogP contribution >= 0.6 is 0 Å². The summed E-state index contributed by atoms with van der Waals surface area (Å²) in [7, 11) is 0. The molecule has 5 heteroatoms. The first-order chi connectivity index (χ1) is 12.2. The van der Waals surface area contributed by atoms with E-state index < -0.39 is 0 Å². The molecule has 1 heterocycles. The molecule has 2 atom stereocenters. The highest BCUT2D eigenvalue weighted by Gasteiger charge is 2.17. The third-order valence-corrected chi connectivity index (χ3v) is 4.20. The molecule has 0 spiro atoms. The average molecular weight is 337 g/mol. The molecule has 2 unspecified atom stereocenters. The second-order valence-corrected chi connectivity index (χ2v) is 6.22. The predicted octanol–water partition coefficient (Wildman–Crippen LogP) is 3.56. The third-order valence-electron chi connectivity index (χ3n) is 4.20. The summed E-state index contributed by atoms with van der Waals surface area (Å²) in [6, 6.07) is 18.1. The van der Waals surface area contributed by atoms with Gasteiger partial charge >= 0.3 is 0 Å². The van der Waals surface area contributed by atoms with Crippen LogP contribution in [0.1, 0.15) is 54.3 Å². The fraction of sp³-hybridized carbons (Fsp3) is 0.300. The quantitative estimate of drug-likeness (QED) is 0.690.